The third-order valence-electron chi connectivity index (χ3n) is 4.66. The molecule has 2 aliphatic rings. The fourth-order valence-corrected chi connectivity index (χ4v) is 3.22. The Kier molecular flexibility index (Phi) is 6.40. The van der Waals surface area contributed by atoms with Crippen LogP contribution in [0.15, 0.2) is 24.4 Å². The first-order valence-corrected chi connectivity index (χ1v) is 8.78. The molecule has 0 aromatic carbocycles. The van der Waals surface area contributed by atoms with Crippen molar-refractivity contribution < 1.29 is 9.53 Å². The van der Waals surface area contributed by atoms with E-state index in [2.05, 4.69) is 25.4 Å². The van der Waals surface area contributed by atoms with Crippen LogP contribution in [-0.2, 0) is 4.74 Å². The standard InChI is InChI=1S/C17H27N5O2/c23-17(20-16-3-1-2-5-18-16)19-13-15-4-6-22(14-15)8-7-21-9-11-24-12-10-21/h1-3,5,15H,4,6-14H2,(H2,18,19,20,23). The summed E-state index contributed by atoms with van der Waals surface area (Å²) < 4.78 is 5.38. The monoisotopic (exact) mass is 333 g/mol. The van der Waals surface area contributed by atoms with Crippen LogP contribution in [0.2, 0.25) is 0 Å². The van der Waals surface area contributed by atoms with E-state index < -0.39 is 0 Å². The van der Waals surface area contributed by atoms with Crippen LogP contribution < -0.4 is 10.6 Å². The SMILES string of the molecule is O=C(NCC1CCN(CCN2CCOCC2)C1)Nc1ccccn1. The average Bonchev–Trinajstić information content (AvgIpc) is 3.08. The van der Waals surface area contributed by atoms with Crippen LogP contribution >= 0.6 is 0 Å². The van der Waals surface area contributed by atoms with Crippen molar-refractivity contribution in [1.82, 2.24) is 20.1 Å². The molecule has 7 heteroatoms. The van der Waals surface area contributed by atoms with Crippen molar-refractivity contribution in [1.29, 1.82) is 0 Å². The van der Waals surface area contributed by atoms with Gasteiger partial charge in [0, 0.05) is 45.5 Å². The van der Waals surface area contributed by atoms with E-state index in [0.29, 0.717) is 18.3 Å². The van der Waals surface area contributed by atoms with E-state index in [1.54, 1.807) is 12.3 Å². The summed E-state index contributed by atoms with van der Waals surface area (Å²) in [6.45, 7) is 8.94. The maximum Gasteiger partial charge on any atom is 0.320 e. The van der Waals surface area contributed by atoms with Crippen molar-refractivity contribution in [3.8, 4) is 0 Å². The molecule has 2 saturated heterocycles. The summed E-state index contributed by atoms with van der Waals surface area (Å²) in [5.41, 5.74) is 0. The Labute approximate surface area is 143 Å². The van der Waals surface area contributed by atoms with Crippen molar-refractivity contribution in [3.63, 3.8) is 0 Å². The highest BCUT2D eigenvalue weighted by atomic mass is 16.5. The Morgan fingerprint density at radius 1 is 1.21 bits per heavy atom. The lowest BCUT2D eigenvalue weighted by molar-refractivity contribution is 0.0343. The summed E-state index contributed by atoms with van der Waals surface area (Å²) in [7, 11) is 0. The molecule has 2 N–H and O–H groups in total. The van der Waals surface area contributed by atoms with Gasteiger partial charge in [-0.1, -0.05) is 6.07 Å². The molecule has 1 aromatic rings. The van der Waals surface area contributed by atoms with Gasteiger partial charge in [-0.2, -0.15) is 0 Å². The lowest BCUT2D eigenvalue weighted by Gasteiger charge is -2.28. The van der Waals surface area contributed by atoms with Crippen molar-refractivity contribution in [2.75, 3.05) is 64.3 Å². The van der Waals surface area contributed by atoms with Gasteiger partial charge in [-0.15, -0.1) is 0 Å². The molecule has 2 aliphatic heterocycles. The largest absolute Gasteiger partial charge is 0.379 e. The molecule has 1 unspecified atom stereocenters. The minimum atomic E-state index is -0.180. The van der Waals surface area contributed by atoms with E-state index in [9.17, 15) is 4.79 Å². The number of carbonyl (C=O) groups is 1. The second-order valence-electron chi connectivity index (χ2n) is 6.46. The molecular formula is C17H27N5O2. The van der Waals surface area contributed by atoms with E-state index >= 15 is 0 Å². The summed E-state index contributed by atoms with van der Waals surface area (Å²) in [5, 5.41) is 5.71. The number of nitrogens with one attached hydrogen (secondary N) is 2. The first-order chi connectivity index (χ1) is 11.8. The number of morpholine rings is 1. The molecule has 3 rings (SSSR count). The van der Waals surface area contributed by atoms with Gasteiger partial charge in [0.25, 0.3) is 0 Å². The van der Waals surface area contributed by atoms with Crippen LogP contribution in [0.1, 0.15) is 6.42 Å². The van der Waals surface area contributed by atoms with Gasteiger partial charge in [0.2, 0.25) is 0 Å². The lowest BCUT2D eigenvalue weighted by atomic mass is 10.1. The highest BCUT2D eigenvalue weighted by Crippen LogP contribution is 2.15. The molecular weight excluding hydrogens is 306 g/mol. The number of nitrogens with zero attached hydrogens (tertiary/aromatic N) is 3. The predicted molar refractivity (Wildman–Crippen MR) is 93.1 cm³/mol. The zero-order chi connectivity index (χ0) is 16.6. The number of pyridine rings is 1. The molecule has 1 atom stereocenters. The number of likely N-dealkylation sites (tertiary alicyclic amines) is 1. The van der Waals surface area contributed by atoms with Crippen LogP contribution in [0.3, 0.4) is 0 Å². The van der Waals surface area contributed by atoms with Crippen LogP contribution in [0, 0.1) is 5.92 Å². The summed E-state index contributed by atoms with van der Waals surface area (Å²) in [6, 6.07) is 5.28. The number of carbonyl (C=O) groups excluding carboxylic acids is 1. The van der Waals surface area contributed by atoms with Crippen molar-refractivity contribution in [3.05, 3.63) is 24.4 Å². The van der Waals surface area contributed by atoms with Gasteiger partial charge in [-0.25, -0.2) is 9.78 Å². The first kappa shape index (κ1) is 17.1. The van der Waals surface area contributed by atoms with Gasteiger partial charge >= 0.3 is 6.03 Å². The number of rotatable bonds is 6. The number of anilines is 1. The second kappa shape index (κ2) is 8.96. The van der Waals surface area contributed by atoms with Crippen molar-refractivity contribution in [2.24, 2.45) is 5.92 Å². The zero-order valence-electron chi connectivity index (χ0n) is 14.1. The Bertz CT molecular complexity index is 507. The highest BCUT2D eigenvalue weighted by molar-refractivity contribution is 5.88. The number of urea groups is 1. The van der Waals surface area contributed by atoms with E-state index in [-0.39, 0.29) is 6.03 Å². The number of amides is 2. The average molecular weight is 333 g/mol. The van der Waals surface area contributed by atoms with Gasteiger partial charge in [-0.05, 0) is 31.0 Å². The highest BCUT2D eigenvalue weighted by Gasteiger charge is 2.23. The third kappa shape index (κ3) is 5.43. The Morgan fingerprint density at radius 2 is 2.04 bits per heavy atom. The van der Waals surface area contributed by atoms with Gasteiger partial charge in [-0.3, -0.25) is 10.2 Å². The molecule has 2 fully saturated rings. The molecule has 0 aliphatic carbocycles. The van der Waals surface area contributed by atoms with Crippen LogP contribution in [0.4, 0.5) is 10.6 Å². The number of hydrogen-bond acceptors (Lipinski definition) is 5. The van der Waals surface area contributed by atoms with E-state index in [1.165, 1.54) is 0 Å². The molecule has 3 heterocycles. The normalized spacial score (nSPS) is 22.4. The molecule has 132 valence electrons. The van der Waals surface area contributed by atoms with Crippen molar-refractivity contribution >= 4 is 11.8 Å². The van der Waals surface area contributed by atoms with Crippen LogP contribution in [-0.4, -0.2) is 79.8 Å². The topological polar surface area (TPSA) is 69.7 Å². The van der Waals surface area contributed by atoms with E-state index in [0.717, 1.165) is 58.9 Å². The molecule has 2 amide bonds. The molecule has 0 spiro atoms. The summed E-state index contributed by atoms with van der Waals surface area (Å²) in [4.78, 5) is 20.9. The second-order valence-corrected chi connectivity index (χ2v) is 6.46. The molecule has 0 radical (unpaired) electrons. The van der Waals surface area contributed by atoms with E-state index in [4.69, 9.17) is 4.74 Å². The number of aromatic nitrogens is 1. The lowest BCUT2D eigenvalue weighted by Crippen LogP contribution is -2.41. The van der Waals surface area contributed by atoms with Gasteiger partial charge in [0.1, 0.15) is 5.82 Å². The van der Waals surface area contributed by atoms with E-state index in [1.807, 2.05) is 12.1 Å². The Morgan fingerprint density at radius 3 is 2.83 bits per heavy atom. The summed E-state index contributed by atoms with van der Waals surface area (Å²) in [6.07, 6.45) is 2.81. The maximum absolute atomic E-state index is 11.9. The summed E-state index contributed by atoms with van der Waals surface area (Å²) in [5.74, 6) is 1.11. The predicted octanol–water partition coefficient (Wildman–Crippen LogP) is 0.857. The third-order valence-corrected chi connectivity index (χ3v) is 4.66. The van der Waals surface area contributed by atoms with Crippen molar-refractivity contribution in [2.45, 2.75) is 6.42 Å². The minimum Gasteiger partial charge on any atom is -0.379 e. The van der Waals surface area contributed by atoms with Gasteiger partial charge in [0.15, 0.2) is 0 Å². The molecule has 0 bridgehead atoms. The number of ether oxygens (including phenoxy) is 1. The van der Waals surface area contributed by atoms with Crippen LogP contribution in [0.25, 0.3) is 0 Å². The van der Waals surface area contributed by atoms with Crippen LogP contribution in [0.5, 0.6) is 0 Å². The summed E-state index contributed by atoms with van der Waals surface area (Å²) >= 11 is 0. The Balaban J connectivity index is 1.30. The molecule has 0 saturated carbocycles. The van der Waals surface area contributed by atoms with Gasteiger partial charge in [0.05, 0.1) is 13.2 Å². The quantitative estimate of drug-likeness (QED) is 0.808. The maximum atomic E-state index is 11.9. The fourth-order valence-electron chi connectivity index (χ4n) is 3.22. The smallest absolute Gasteiger partial charge is 0.320 e. The number of hydrogen-bond donors (Lipinski definition) is 2. The Hall–Kier alpha value is -1.70. The molecule has 1 aromatic heterocycles. The zero-order valence-corrected chi connectivity index (χ0v) is 14.1. The fraction of sp³-hybridized carbons (Fsp3) is 0.647. The minimum absolute atomic E-state index is 0.180. The van der Waals surface area contributed by atoms with Gasteiger partial charge < -0.3 is 15.0 Å². The first-order valence-electron chi connectivity index (χ1n) is 8.78. The molecule has 24 heavy (non-hydrogen) atoms. The molecule has 7 nitrogen and oxygen atoms in total.